The van der Waals surface area contributed by atoms with Crippen LogP contribution in [0, 0.1) is 0 Å². The Morgan fingerprint density at radius 3 is 2.64 bits per heavy atom. The molecule has 25 heavy (non-hydrogen) atoms. The second-order valence-electron chi connectivity index (χ2n) is 5.85. The van der Waals surface area contributed by atoms with Crippen LogP contribution in [0.5, 0.6) is 11.5 Å². The summed E-state index contributed by atoms with van der Waals surface area (Å²) in [5.41, 5.74) is 2.51. The van der Waals surface area contributed by atoms with Gasteiger partial charge in [-0.1, -0.05) is 24.3 Å². The molecule has 1 aliphatic heterocycles. The highest BCUT2D eigenvalue weighted by atomic mass is 16.6. The van der Waals surface area contributed by atoms with Crippen molar-refractivity contribution < 1.29 is 14.3 Å². The molecule has 6 heteroatoms. The largest absolute Gasteiger partial charge is 0.482 e. The van der Waals surface area contributed by atoms with Gasteiger partial charge in [-0.25, -0.2) is 0 Å². The van der Waals surface area contributed by atoms with Crippen LogP contribution in [0.4, 0.5) is 5.69 Å². The van der Waals surface area contributed by atoms with Crippen LogP contribution in [0.25, 0.3) is 11.3 Å². The molecule has 0 aliphatic carbocycles. The minimum atomic E-state index is -0.717. The Hall–Kier alpha value is -3.28. The summed E-state index contributed by atoms with van der Waals surface area (Å²) in [6.45, 7) is 1.82. The van der Waals surface area contributed by atoms with Gasteiger partial charge in [-0.3, -0.25) is 9.89 Å². The maximum Gasteiger partial charge on any atom is 0.269 e. The molecule has 6 nitrogen and oxygen atoms in total. The monoisotopic (exact) mass is 335 g/mol. The summed E-state index contributed by atoms with van der Waals surface area (Å²) < 4.78 is 11.6. The van der Waals surface area contributed by atoms with Gasteiger partial charge in [0.2, 0.25) is 6.10 Å². The van der Waals surface area contributed by atoms with Crippen molar-refractivity contribution in [3.8, 4) is 22.8 Å². The number of ether oxygens (including phenoxy) is 2. The number of anilines is 1. The number of carbonyl (C=O) groups is 1. The van der Waals surface area contributed by atoms with E-state index < -0.39 is 6.10 Å². The average molecular weight is 335 g/mol. The number of hydrogen-bond donors (Lipinski definition) is 2. The first-order valence-electron chi connectivity index (χ1n) is 8.04. The first kappa shape index (κ1) is 15.3. The summed E-state index contributed by atoms with van der Waals surface area (Å²) in [7, 11) is 0. The molecule has 0 saturated carbocycles. The van der Waals surface area contributed by atoms with Gasteiger partial charge in [0.1, 0.15) is 6.10 Å². The van der Waals surface area contributed by atoms with Gasteiger partial charge < -0.3 is 14.8 Å². The highest BCUT2D eigenvalue weighted by Gasteiger charge is 2.34. The molecular formula is C19H17N3O3. The van der Waals surface area contributed by atoms with Gasteiger partial charge in [0.05, 0.1) is 5.69 Å². The van der Waals surface area contributed by atoms with Crippen LogP contribution in [-0.4, -0.2) is 28.3 Å². The molecule has 4 rings (SSSR count). The van der Waals surface area contributed by atoms with Crippen LogP contribution in [0.15, 0.2) is 60.8 Å². The van der Waals surface area contributed by atoms with Crippen molar-refractivity contribution in [1.82, 2.24) is 10.2 Å². The van der Waals surface area contributed by atoms with Crippen LogP contribution >= 0.6 is 0 Å². The first-order chi connectivity index (χ1) is 12.2. The zero-order valence-corrected chi connectivity index (χ0v) is 13.6. The molecule has 2 heterocycles. The minimum Gasteiger partial charge on any atom is -0.482 e. The Kier molecular flexibility index (Phi) is 3.85. The van der Waals surface area contributed by atoms with Gasteiger partial charge in [-0.2, -0.15) is 5.10 Å². The Morgan fingerprint density at radius 2 is 1.88 bits per heavy atom. The van der Waals surface area contributed by atoms with E-state index in [2.05, 4.69) is 15.5 Å². The van der Waals surface area contributed by atoms with E-state index in [1.165, 1.54) is 0 Å². The minimum absolute atomic E-state index is 0.247. The van der Waals surface area contributed by atoms with Crippen LogP contribution in [0.2, 0.25) is 0 Å². The fraction of sp³-hybridized carbons (Fsp3) is 0.158. The third-order valence-corrected chi connectivity index (χ3v) is 4.04. The number of carbonyl (C=O) groups excluding carboxylic acids is 1. The predicted octanol–water partition coefficient (Wildman–Crippen LogP) is 3.24. The molecule has 0 fully saturated rings. The second kappa shape index (κ2) is 6.32. The van der Waals surface area contributed by atoms with E-state index in [1.54, 1.807) is 12.3 Å². The number of hydrogen-bond acceptors (Lipinski definition) is 4. The van der Waals surface area contributed by atoms with Gasteiger partial charge in [0, 0.05) is 17.4 Å². The number of H-pyrrole nitrogens is 1. The van der Waals surface area contributed by atoms with Crippen LogP contribution < -0.4 is 14.8 Å². The van der Waals surface area contributed by atoms with Gasteiger partial charge in [0.15, 0.2) is 11.5 Å². The van der Waals surface area contributed by atoms with Crippen molar-refractivity contribution in [3.63, 3.8) is 0 Å². The lowest BCUT2D eigenvalue weighted by Crippen LogP contribution is -2.46. The molecule has 126 valence electrons. The highest BCUT2D eigenvalue weighted by molar-refractivity contribution is 5.95. The summed E-state index contributed by atoms with van der Waals surface area (Å²) >= 11 is 0. The Balaban J connectivity index is 1.52. The third kappa shape index (κ3) is 3.06. The normalized spacial score (nSPS) is 18.6. The average Bonchev–Trinajstić information content (AvgIpc) is 3.16. The van der Waals surface area contributed by atoms with E-state index in [4.69, 9.17) is 9.47 Å². The lowest BCUT2D eigenvalue weighted by Gasteiger charge is -2.31. The van der Waals surface area contributed by atoms with Crippen molar-refractivity contribution >= 4 is 11.6 Å². The fourth-order valence-electron chi connectivity index (χ4n) is 2.80. The van der Waals surface area contributed by atoms with Crippen molar-refractivity contribution in [1.29, 1.82) is 0 Å². The van der Waals surface area contributed by atoms with Crippen LogP contribution in [0.3, 0.4) is 0 Å². The van der Waals surface area contributed by atoms with Gasteiger partial charge in [-0.05, 0) is 37.3 Å². The number of nitrogens with one attached hydrogen (secondary N) is 2. The number of rotatable bonds is 3. The zero-order valence-electron chi connectivity index (χ0n) is 13.6. The van der Waals surface area contributed by atoms with Crippen molar-refractivity contribution in [3.05, 3.63) is 60.8 Å². The number of benzene rings is 2. The molecule has 1 aliphatic rings. The standard InChI is InChI=1S/C19H17N3O3/c1-12-18(25-17-8-3-2-7-16(17)24-12)19(23)21-14-6-4-5-13(11-14)15-9-10-20-22-15/h2-12,18H,1H3,(H,20,22)(H,21,23). The molecule has 2 atom stereocenters. The summed E-state index contributed by atoms with van der Waals surface area (Å²) in [6.07, 6.45) is 0.587. The lowest BCUT2D eigenvalue weighted by molar-refractivity contribution is -0.128. The zero-order chi connectivity index (χ0) is 17.2. The molecule has 1 amide bonds. The van der Waals surface area contributed by atoms with E-state index in [0.717, 1.165) is 11.3 Å². The predicted molar refractivity (Wildman–Crippen MR) is 93.6 cm³/mol. The van der Waals surface area contributed by atoms with E-state index in [-0.39, 0.29) is 12.0 Å². The quantitative estimate of drug-likeness (QED) is 0.770. The van der Waals surface area contributed by atoms with Gasteiger partial charge >= 0.3 is 0 Å². The molecule has 0 spiro atoms. The molecule has 2 aromatic carbocycles. The number of aromatic amines is 1. The van der Waals surface area contributed by atoms with Crippen LogP contribution in [-0.2, 0) is 4.79 Å². The number of nitrogens with zero attached hydrogens (tertiary/aromatic N) is 1. The topological polar surface area (TPSA) is 76.2 Å². The highest BCUT2D eigenvalue weighted by Crippen LogP contribution is 2.33. The van der Waals surface area contributed by atoms with E-state index in [9.17, 15) is 4.79 Å². The van der Waals surface area contributed by atoms with Crippen molar-refractivity contribution in [2.45, 2.75) is 19.1 Å². The SMILES string of the molecule is CC1Oc2ccccc2OC1C(=O)Nc1cccc(-c2ccn[nH]2)c1. The van der Waals surface area contributed by atoms with E-state index in [1.807, 2.05) is 55.5 Å². The molecule has 2 N–H and O–H groups in total. The van der Waals surface area contributed by atoms with Gasteiger partial charge in [-0.15, -0.1) is 0 Å². The molecular weight excluding hydrogens is 318 g/mol. The Labute approximate surface area is 144 Å². The fourth-order valence-corrected chi connectivity index (χ4v) is 2.80. The number of fused-ring (bicyclic) bond motifs is 1. The molecule has 0 saturated heterocycles. The molecule has 2 unspecified atom stereocenters. The van der Waals surface area contributed by atoms with Crippen molar-refractivity contribution in [2.75, 3.05) is 5.32 Å². The molecule has 1 aromatic heterocycles. The first-order valence-corrected chi connectivity index (χ1v) is 8.04. The maximum absolute atomic E-state index is 12.6. The summed E-state index contributed by atoms with van der Waals surface area (Å²) in [5, 5.41) is 9.75. The van der Waals surface area contributed by atoms with E-state index >= 15 is 0 Å². The summed E-state index contributed by atoms with van der Waals surface area (Å²) in [4.78, 5) is 12.6. The number of aromatic nitrogens is 2. The van der Waals surface area contributed by atoms with Crippen molar-refractivity contribution in [2.24, 2.45) is 0 Å². The van der Waals surface area contributed by atoms with Crippen LogP contribution in [0.1, 0.15) is 6.92 Å². The summed E-state index contributed by atoms with van der Waals surface area (Å²) in [6, 6.07) is 16.8. The number of amides is 1. The smallest absolute Gasteiger partial charge is 0.269 e. The van der Waals surface area contributed by atoms with E-state index in [0.29, 0.717) is 17.2 Å². The summed E-state index contributed by atoms with van der Waals surface area (Å²) in [5.74, 6) is 0.982. The van der Waals surface area contributed by atoms with Gasteiger partial charge in [0.25, 0.3) is 5.91 Å². The Morgan fingerprint density at radius 1 is 1.08 bits per heavy atom. The Bertz CT molecular complexity index is 892. The molecule has 0 bridgehead atoms. The second-order valence-corrected chi connectivity index (χ2v) is 5.85. The molecule has 3 aromatic rings. The maximum atomic E-state index is 12.6. The molecule has 0 radical (unpaired) electrons. The lowest BCUT2D eigenvalue weighted by atomic mass is 10.1. The third-order valence-electron chi connectivity index (χ3n) is 4.04. The number of para-hydroxylation sites is 2.